The average molecular weight is 304 g/mol. The second-order valence-corrected chi connectivity index (χ2v) is 4.02. The Morgan fingerprint density at radius 3 is 2.57 bits per heavy atom. The van der Waals surface area contributed by atoms with Crippen LogP contribution in [0.1, 0.15) is 5.56 Å². The molecule has 0 spiro atoms. The fraction of sp³-hybridized carbons (Fsp3) is 0.111. The van der Waals surface area contributed by atoms with Gasteiger partial charge in [0.15, 0.2) is 0 Å². The van der Waals surface area contributed by atoms with E-state index in [1.54, 1.807) is 6.07 Å². The number of anilines is 1. The van der Waals surface area contributed by atoms with Gasteiger partial charge in [-0.1, -0.05) is 0 Å². The third-order valence-corrected chi connectivity index (χ3v) is 2.33. The van der Waals surface area contributed by atoms with E-state index in [4.69, 9.17) is 5.73 Å². The van der Waals surface area contributed by atoms with Gasteiger partial charge in [-0.3, -0.25) is 9.59 Å². The van der Waals surface area contributed by atoms with E-state index in [0.29, 0.717) is 5.69 Å². The minimum absolute atomic E-state index is 0.606. The number of nitrogens with two attached hydrogens (primary N) is 1. The lowest BCUT2D eigenvalue weighted by molar-refractivity contribution is -0.134. The average Bonchev–Trinajstić information content (AvgIpc) is 2.09. The van der Waals surface area contributed by atoms with Gasteiger partial charge < -0.3 is 11.1 Å². The van der Waals surface area contributed by atoms with Gasteiger partial charge in [-0.25, -0.2) is 0 Å². The monoisotopic (exact) mass is 304 g/mol. The molecule has 4 nitrogen and oxygen atoms in total. The number of aryl methyl sites for hydroxylation is 1. The molecule has 1 aromatic carbocycles. The highest BCUT2D eigenvalue weighted by atomic mass is 127. The Hall–Kier alpha value is -1.11. The normalized spacial score (nSPS) is 9.57. The highest BCUT2D eigenvalue weighted by Gasteiger charge is 2.09. The lowest BCUT2D eigenvalue weighted by Crippen LogP contribution is -2.29. The number of hydrogen-bond donors (Lipinski definition) is 2. The lowest BCUT2D eigenvalue weighted by Gasteiger charge is -2.06. The maximum atomic E-state index is 11.0. The molecule has 0 unspecified atom stereocenters. The van der Waals surface area contributed by atoms with E-state index in [1.807, 2.05) is 19.1 Å². The van der Waals surface area contributed by atoms with Crippen molar-refractivity contribution in [3.63, 3.8) is 0 Å². The van der Waals surface area contributed by atoms with Crippen LogP contribution in [-0.2, 0) is 9.59 Å². The Kier molecular flexibility index (Phi) is 3.45. The number of hydrogen-bond acceptors (Lipinski definition) is 2. The smallest absolute Gasteiger partial charge is 0.313 e. The Bertz CT molecular complexity index is 390. The second kappa shape index (κ2) is 4.41. The largest absolute Gasteiger partial charge is 0.361 e. The summed E-state index contributed by atoms with van der Waals surface area (Å²) in [6, 6.07) is 5.47. The summed E-state index contributed by atoms with van der Waals surface area (Å²) in [4.78, 5) is 21.5. The van der Waals surface area contributed by atoms with Crippen LogP contribution in [0.4, 0.5) is 5.69 Å². The number of primary amides is 1. The van der Waals surface area contributed by atoms with Crippen LogP contribution in [0.5, 0.6) is 0 Å². The molecule has 0 radical (unpaired) electrons. The first-order valence-electron chi connectivity index (χ1n) is 3.87. The van der Waals surface area contributed by atoms with E-state index in [2.05, 4.69) is 27.9 Å². The summed E-state index contributed by atoms with van der Waals surface area (Å²) in [7, 11) is 0. The first-order chi connectivity index (χ1) is 6.50. The zero-order chi connectivity index (χ0) is 10.7. The van der Waals surface area contributed by atoms with Gasteiger partial charge >= 0.3 is 11.8 Å². The van der Waals surface area contributed by atoms with Crippen LogP contribution in [0, 0.1) is 10.5 Å². The maximum absolute atomic E-state index is 11.0. The Balaban J connectivity index is 2.87. The van der Waals surface area contributed by atoms with Crippen molar-refractivity contribution < 1.29 is 9.59 Å². The van der Waals surface area contributed by atoms with Crippen molar-refractivity contribution in [3.05, 3.63) is 27.3 Å². The predicted molar refractivity (Wildman–Crippen MR) is 61.7 cm³/mol. The third kappa shape index (κ3) is 2.69. The van der Waals surface area contributed by atoms with Crippen molar-refractivity contribution in [2.24, 2.45) is 5.73 Å². The number of halogens is 1. The summed E-state index contributed by atoms with van der Waals surface area (Å²) in [6.45, 7) is 1.85. The molecule has 0 aliphatic heterocycles. The van der Waals surface area contributed by atoms with Crippen molar-refractivity contribution in [1.29, 1.82) is 0 Å². The predicted octanol–water partition coefficient (Wildman–Crippen LogP) is 1.02. The van der Waals surface area contributed by atoms with Crippen LogP contribution >= 0.6 is 22.6 Å². The number of rotatable bonds is 1. The standard InChI is InChI=1S/C9H9IN2O2/c1-5-4-6(10)2-3-7(5)12-9(14)8(11)13/h2-4H,1H3,(H2,11,13)(H,12,14). The molecule has 14 heavy (non-hydrogen) atoms. The summed E-state index contributed by atoms with van der Waals surface area (Å²) in [6.07, 6.45) is 0. The molecule has 74 valence electrons. The zero-order valence-corrected chi connectivity index (χ0v) is 9.66. The number of benzene rings is 1. The van der Waals surface area contributed by atoms with Gasteiger partial charge in [0.1, 0.15) is 0 Å². The van der Waals surface area contributed by atoms with Crippen LogP contribution in [0.25, 0.3) is 0 Å². The van der Waals surface area contributed by atoms with Crippen molar-refractivity contribution in [1.82, 2.24) is 0 Å². The summed E-state index contributed by atoms with van der Waals surface area (Å²) < 4.78 is 1.07. The molecule has 1 aromatic rings. The van der Waals surface area contributed by atoms with Crippen LogP contribution in [-0.4, -0.2) is 11.8 Å². The lowest BCUT2D eigenvalue weighted by atomic mass is 10.2. The molecule has 0 atom stereocenters. The summed E-state index contributed by atoms with van der Waals surface area (Å²) in [5, 5.41) is 2.42. The minimum atomic E-state index is -0.983. The maximum Gasteiger partial charge on any atom is 0.313 e. The van der Waals surface area contributed by atoms with E-state index in [-0.39, 0.29) is 0 Å². The zero-order valence-electron chi connectivity index (χ0n) is 7.50. The van der Waals surface area contributed by atoms with Gasteiger partial charge in [-0.2, -0.15) is 0 Å². The Morgan fingerprint density at radius 2 is 2.07 bits per heavy atom. The van der Waals surface area contributed by atoms with Crippen LogP contribution < -0.4 is 11.1 Å². The van der Waals surface area contributed by atoms with Crippen LogP contribution in [0.2, 0.25) is 0 Å². The number of nitrogens with one attached hydrogen (secondary N) is 1. The molecule has 0 saturated carbocycles. The minimum Gasteiger partial charge on any atom is -0.361 e. The topological polar surface area (TPSA) is 72.2 Å². The molecule has 0 saturated heterocycles. The molecular weight excluding hydrogens is 295 g/mol. The van der Waals surface area contributed by atoms with Crippen LogP contribution in [0.3, 0.4) is 0 Å². The van der Waals surface area contributed by atoms with Gasteiger partial charge in [0, 0.05) is 9.26 Å². The third-order valence-electron chi connectivity index (χ3n) is 1.66. The first kappa shape index (κ1) is 11.0. The molecule has 0 fully saturated rings. The number of carbonyl (C=O) groups excluding carboxylic acids is 2. The van der Waals surface area contributed by atoms with Gasteiger partial charge in [-0.05, 0) is 53.3 Å². The van der Waals surface area contributed by atoms with E-state index in [0.717, 1.165) is 9.13 Å². The van der Waals surface area contributed by atoms with E-state index in [9.17, 15) is 9.59 Å². The van der Waals surface area contributed by atoms with Gasteiger partial charge in [-0.15, -0.1) is 0 Å². The fourth-order valence-electron chi connectivity index (χ4n) is 0.951. The highest BCUT2D eigenvalue weighted by molar-refractivity contribution is 14.1. The molecule has 1 rings (SSSR count). The molecule has 0 aliphatic carbocycles. The van der Waals surface area contributed by atoms with Gasteiger partial charge in [0.05, 0.1) is 0 Å². The van der Waals surface area contributed by atoms with Gasteiger partial charge in [0.25, 0.3) is 0 Å². The molecular formula is C9H9IN2O2. The molecule has 5 heteroatoms. The molecule has 0 bridgehead atoms. The molecule has 0 aromatic heterocycles. The summed E-state index contributed by atoms with van der Waals surface area (Å²) >= 11 is 2.16. The van der Waals surface area contributed by atoms with Crippen molar-refractivity contribution in [2.45, 2.75) is 6.92 Å². The van der Waals surface area contributed by atoms with Crippen molar-refractivity contribution in [3.8, 4) is 0 Å². The summed E-state index contributed by atoms with van der Waals surface area (Å²) in [5.41, 5.74) is 6.31. The second-order valence-electron chi connectivity index (χ2n) is 2.78. The van der Waals surface area contributed by atoms with Gasteiger partial charge in [0.2, 0.25) is 0 Å². The van der Waals surface area contributed by atoms with Crippen LogP contribution in [0.15, 0.2) is 18.2 Å². The molecule has 3 N–H and O–H groups in total. The summed E-state index contributed by atoms with van der Waals surface area (Å²) in [5.74, 6) is -1.78. The van der Waals surface area contributed by atoms with Crippen molar-refractivity contribution >= 4 is 40.1 Å². The van der Waals surface area contributed by atoms with E-state index >= 15 is 0 Å². The number of carbonyl (C=O) groups is 2. The molecule has 2 amide bonds. The fourth-order valence-corrected chi connectivity index (χ4v) is 1.60. The highest BCUT2D eigenvalue weighted by Crippen LogP contribution is 2.17. The SMILES string of the molecule is Cc1cc(I)ccc1NC(=O)C(N)=O. The number of amides is 2. The molecule has 0 aliphatic rings. The van der Waals surface area contributed by atoms with Crippen molar-refractivity contribution in [2.75, 3.05) is 5.32 Å². The Labute approximate surface area is 95.0 Å². The first-order valence-corrected chi connectivity index (χ1v) is 4.95. The quantitative estimate of drug-likeness (QED) is 0.601. The van der Waals surface area contributed by atoms with E-state index < -0.39 is 11.8 Å². The van der Waals surface area contributed by atoms with E-state index in [1.165, 1.54) is 0 Å². The molecule has 0 heterocycles. The Morgan fingerprint density at radius 1 is 1.43 bits per heavy atom.